The number of allylic oxidation sites excluding steroid dienone is 1. The minimum absolute atomic E-state index is 0.0361. The van der Waals surface area contributed by atoms with E-state index in [4.69, 9.17) is 9.41 Å². The highest BCUT2D eigenvalue weighted by atomic mass is 16.3. The van der Waals surface area contributed by atoms with Crippen LogP contribution in [0.5, 0.6) is 0 Å². The summed E-state index contributed by atoms with van der Waals surface area (Å²) in [6, 6.07) is 58.5. The lowest BCUT2D eigenvalue weighted by Crippen LogP contribution is -2.17. The van der Waals surface area contributed by atoms with E-state index in [-0.39, 0.29) is 11.8 Å². The molecule has 2 nitrogen and oxygen atoms in total. The monoisotopic (exact) mass is 625 g/mol. The van der Waals surface area contributed by atoms with Crippen LogP contribution in [0, 0.1) is 0 Å². The van der Waals surface area contributed by atoms with Crippen LogP contribution in [0.2, 0.25) is 0 Å². The molecular formula is C47H31NO. The van der Waals surface area contributed by atoms with Crippen molar-refractivity contribution in [3.8, 4) is 22.3 Å². The van der Waals surface area contributed by atoms with Gasteiger partial charge in [-0.05, 0) is 62.2 Å². The van der Waals surface area contributed by atoms with Gasteiger partial charge in [-0.3, -0.25) is 0 Å². The summed E-state index contributed by atoms with van der Waals surface area (Å²) in [5, 5.41) is 2.26. The van der Waals surface area contributed by atoms with Gasteiger partial charge in [0.2, 0.25) is 0 Å². The van der Waals surface area contributed by atoms with Crippen molar-refractivity contribution in [3.05, 3.63) is 209 Å². The lowest BCUT2D eigenvalue weighted by Gasteiger charge is -2.28. The molecule has 0 fully saturated rings. The SMILES string of the molecule is C=C1C(c2ccccc2)=Nc2ccccc2C1c1ccc2c(c1)oc1c(C3c4ccccc4-c4c(-c5ccccc5)cccc43)cccc12. The fraction of sp³-hybridized carbons (Fsp3) is 0.0426. The number of nitrogens with zero attached hydrogens (tertiary/aromatic N) is 1. The zero-order valence-electron chi connectivity index (χ0n) is 26.8. The van der Waals surface area contributed by atoms with Gasteiger partial charge in [-0.25, -0.2) is 4.99 Å². The minimum Gasteiger partial charge on any atom is -0.456 e. The van der Waals surface area contributed by atoms with Crippen LogP contribution in [-0.2, 0) is 0 Å². The Labute approximate surface area is 285 Å². The van der Waals surface area contributed by atoms with E-state index in [1.807, 2.05) is 6.07 Å². The second kappa shape index (κ2) is 10.9. The molecule has 0 radical (unpaired) electrons. The van der Waals surface area contributed by atoms with Crippen molar-refractivity contribution in [2.24, 2.45) is 4.99 Å². The number of furan rings is 1. The molecule has 0 amide bonds. The molecule has 0 bridgehead atoms. The highest BCUT2D eigenvalue weighted by Gasteiger charge is 2.34. The third kappa shape index (κ3) is 4.24. The third-order valence-corrected chi connectivity index (χ3v) is 10.4. The van der Waals surface area contributed by atoms with E-state index in [1.54, 1.807) is 0 Å². The van der Waals surface area contributed by atoms with Crippen molar-refractivity contribution in [2.75, 3.05) is 0 Å². The molecule has 0 spiro atoms. The molecule has 230 valence electrons. The molecule has 0 saturated carbocycles. The summed E-state index contributed by atoms with van der Waals surface area (Å²) < 4.78 is 6.95. The van der Waals surface area contributed by atoms with E-state index in [0.717, 1.165) is 55.6 Å². The van der Waals surface area contributed by atoms with Gasteiger partial charge >= 0.3 is 0 Å². The highest BCUT2D eigenvalue weighted by molar-refractivity contribution is 6.16. The van der Waals surface area contributed by atoms with Gasteiger partial charge in [0, 0.05) is 33.7 Å². The van der Waals surface area contributed by atoms with Gasteiger partial charge < -0.3 is 4.42 Å². The van der Waals surface area contributed by atoms with Crippen LogP contribution in [-0.4, -0.2) is 5.71 Å². The summed E-state index contributed by atoms with van der Waals surface area (Å²) in [5.74, 6) is 0.0271. The van der Waals surface area contributed by atoms with E-state index >= 15 is 0 Å². The lowest BCUT2D eigenvalue weighted by atomic mass is 9.79. The minimum atomic E-state index is -0.0361. The third-order valence-electron chi connectivity index (χ3n) is 10.4. The molecule has 2 heterocycles. The number of aliphatic imine (C=N–C) groups is 1. The van der Waals surface area contributed by atoms with E-state index in [1.165, 1.54) is 38.9 Å². The van der Waals surface area contributed by atoms with Crippen molar-refractivity contribution >= 4 is 33.3 Å². The molecular weight excluding hydrogens is 595 g/mol. The van der Waals surface area contributed by atoms with Crippen LogP contribution in [0.15, 0.2) is 185 Å². The Hall–Kier alpha value is -6.25. The standard InChI is InChI=1S/C47H31NO/c1-29-43(38-20-10-11-25-41(38)48-46(29)31-16-6-3-7-17-31)32-26-27-34-37-22-13-24-40(47(37)49-42(34)28-32)45-36-19-9-8-18-35(36)44-33(21-12-23-39(44)45)30-14-4-2-5-15-30/h2-28,43,45H,1H2. The fourth-order valence-electron chi connectivity index (χ4n) is 8.27. The van der Waals surface area contributed by atoms with Gasteiger partial charge in [0.25, 0.3) is 0 Å². The molecule has 8 aromatic rings. The molecule has 2 aliphatic rings. The van der Waals surface area contributed by atoms with Crippen LogP contribution in [0.1, 0.15) is 45.2 Å². The van der Waals surface area contributed by atoms with Crippen LogP contribution >= 0.6 is 0 Å². The quantitative estimate of drug-likeness (QED) is 0.191. The first-order chi connectivity index (χ1) is 24.2. The predicted molar refractivity (Wildman–Crippen MR) is 202 cm³/mol. The average molecular weight is 626 g/mol. The Morgan fingerprint density at radius 2 is 1.14 bits per heavy atom. The topological polar surface area (TPSA) is 25.5 Å². The van der Waals surface area contributed by atoms with Gasteiger partial charge in [0.15, 0.2) is 0 Å². The Bertz CT molecular complexity index is 2630. The van der Waals surface area contributed by atoms with Crippen LogP contribution < -0.4 is 0 Å². The van der Waals surface area contributed by atoms with Crippen LogP contribution in [0.4, 0.5) is 5.69 Å². The molecule has 0 N–H and O–H groups in total. The largest absolute Gasteiger partial charge is 0.456 e. The molecule has 2 heteroatoms. The number of benzene rings is 7. The molecule has 10 rings (SSSR count). The molecule has 7 aromatic carbocycles. The fourth-order valence-corrected chi connectivity index (χ4v) is 8.27. The van der Waals surface area contributed by atoms with E-state index in [2.05, 4.69) is 164 Å². The molecule has 1 aliphatic carbocycles. The summed E-state index contributed by atoms with van der Waals surface area (Å²) in [5.41, 5.74) is 17.1. The van der Waals surface area contributed by atoms with Crippen molar-refractivity contribution in [1.29, 1.82) is 0 Å². The van der Waals surface area contributed by atoms with Gasteiger partial charge in [-0.15, -0.1) is 0 Å². The van der Waals surface area contributed by atoms with E-state index in [0.29, 0.717) is 0 Å². The first kappa shape index (κ1) is 27.8. The van der Waals surface area contributed by atoms with E-state index in [9.17, 15) is 0 Å². The zero-order valence-corrected chi connectivity index (χ0v) is 26.8. The first-order valence-corrected chi connectivity index (χ1v) is 16.9. The number of hydrogen-bond donors (Lipinski definition) is 0. The maximum absolute atomic E-state index is 6.95. The summed E-state index contributed by atoms with van der Waals surface area (Å²) in [7, 11) is 0. The second-order valence-electron chi connectivity index (χ2n) is 13.1. The second-order valence-corrected chi connectivity index (χ2v) is 13.1. The number of rotatable bonds is 4. The van der Waals surface area contributed by atoms with Crippen molar-refractivity contribution in [3.63, 3.8) is 0 Å². The Kier molecular flexibility index (Phi) is 6.19. The molecule has 49 heavy (non-hydrogen) atoms. The lowest BCUT2D eigenvalue weighted by molar-refractivity contribution is 0.660. The van der Waals surface area contributed by atoms with Gasteiger partial charge in [0.05, 0.1) is 11.4 Å². The summed E-state index contributed by atoms with van der Waals surface area (Å²) >= 11 is 0. The zero-order chi connectivity index (χ0) is 32.5. The number of hydrogen-bond acceptors (Lipinski definition) is 2. The van der Waals surface area contributed by atoms with Crippen molar-refractivity contribution in [1.82, 2.24) is 0 Å². The number of para-hydroxylation sites is 2. The van der Waals surface area contributed by atoms with E-state index < -0.39 is 0 Å². The smallest absolute Gasteiger partial charge is 0.139 e. The molecule has 2 atom stereocenters. The summed E-state index contributed by atoms with van der Waals surface area (Å²) in [6.07, 6.45) is 0. The van der Waals surface area contributed by atoms with Gasteiger partial charge in [-0.2, -0.15) is 0 Å². The maximum atomic E-state index is 6.95. The Balaban J connectivity index is 1.13. The summed E-state index contributed by atoms with van der Waals surface area (Å²) in [4.78, 5) is 5.08. The predicted octanol–water partition coefficient (Wildman–Crippen LogP) is 12.2. The van der Waals surface area contributed by atoms with Gasteiger partial charge in [0.1, 0.15) is 11.2 Å². The Morgan fingerprint density at radius 1 is 0.490 bits per heavy atom. The average Bonchev–Trinajstić information content (AvgIpc) is 3.71. The normalized spacial score (nSPS) is 16.3. The highest BCUT2D eigenvalue weighted by Crippen LogP contribution is 2.53. The van der Waals surface area contributed by atoms with Crippen LogP contribution in [0.3, 0.4) is 0 Å². The van der Waals surface area contributed by atoms with Crippen molar-refractivity contribution < 1.29 is 4.42 Å². The Morgan fingerprint density at radius 3 is 1.98 bits per heavy atom. The molecule has 1 aliphatic heterocycles. The number of fused-ring (bicyclic) bond motifs is 7. The first-order valence-electron chi connectivity index (χ1n) is 16.9. The molecule has 0 saturated heterocycles. The molecule has 2 unspecified atom stereocenters. The molecule has 1 aromatic heterocycles. The summed E-state index contributed by atoms with van der Waals surface area (Å²) in [6.45, 7) is 4.63. The van der Waals surface area contributed by atoms with Crippen LogP contribution in [0.25, 0.3) is 44.2 Å². The van der Waals surface area contributed by atoms with Gasteiger partial charge in [-0.1, -0.05) is 158 Å². The maximum Gasteiger partial charge on any atom is 0.139 e. The van der Waals surface area contributed by atoms with Crippen molar-refractivity contribution in [2.45, 2.75) is 11.8 Å².